The van der Waals surface area contributed by atoms with Crippen LogP contribution in [0.3, 0.4) is 0 Å². The molecule has 0 unspecified atom stereocenters. The molecule has 0 rings (SSSR count). The first kappa shape index (κ1) is 46.8. The van der Waals surface area contributed by atoms with Crippen molar-refractivity contribution in [3.8, 4) is 0 Å². The summed E-state index contributed by atoms with van der Waals surface area (Å²) in [5.74, 6) is -118. The number of halogens is 33. The van der Waals surface area contributed by atoms with Crippen LogP contribution in [0.2, 0.25) is 0 Å². The van der Waals surface area contributed by atoms with Gasteiger partial charge in [-0.2, -0.15) is 119 Å². The van der Waals surface area contributed by atoms with Gasteiger partial charge in [-0.05, 0) is 0 Å². The van der Waals surface area contributed by atoms with Crippen molar-refractivity contribution >= 4 is 6.71 Å². The van der Waals surface area contributed by atoms with Crippen LogP contribution < -0.4 is 0 Å². The van der Waals surface area contributed by atoms with Crippen molar-refractivity contribution in [2.24, 2.45) is 0 Å². The maximum atomic E-state index is 14.3. The summed E-state index contributed by atoms with van der Waals surface area (Å²) in [7, 11) is 0. The lowest BCUT2D eigenvalue weighted by atomic mass is 9.31. The Bertz CT molecular complexity index is 1040. The highest BCUT2D eigenvalue weighted by Crippen LogP contribution is 2.67. The van der Waals surface area contributed by atoms with Crippen molar-refractivity contribution in [3.05, 3.63) is 0 Å². The van der Waals surface area contributed by atoms with Crippen LogP contribution in [0, 0.1) is 0 Å². The molecule has 0 aliphatic rings. The lowest BCUT2D eigenvalue weighted by Gasteiger charge is -2.47. The molecule has 0 saturated carbocycles. The Hall–Kier alpha value is -2.25. The van der Waals surface area contributed by atoms with Gasteiger partial charge in [-0.15, -0.1) is 0 Å². The van der Waals surface area contributed by atoms with Crippen LogP contribution >= 0.6 is 0 Å². The van der Waals surface area contributed by atoms with Crippen molar-refractivity contribution in [1.29, 1.82) is 0 Å². The maximum absolute atomic E-state index is 14.3. The highest BCUT2D eigenvalue weighted by Gasteiger charge is 3.01. The molecule has 0 aliphatic heterocycles. The van der Waals surface area contributed by atoms with Gasteiger partial charge in [0.05, 0.1) is 0 Å². The second-order valence-electron chi connectivity index (χ2n) is 8.96. The monoisotopic (exact) mass is 818 g/mol. The molecule has 0 spiro atoms. The summed E-state index contributed by atoms with van der Waals surface area (Å²) < 4.78 is 437. The van der Waals surface area contributed by atoms with E-state index in [2.05, 4.69) is 0 Å². The minimum atomic E-state index is -10.3. The normalized spacial score (nSPS) is 17.1. The van der Waals surface area contributed by atoms with Crippen molar-refractivity contribution in [3.63, 3.8) is 0 Å². The average Bonchev–Trinajstić information content (AvgIpc) is 2.80. The van der Waals surface area contributed by atoms with E-state index in [1.165, 1.54) is 0 Å². The molecule has 0 N–H and O–H groups in total. The Kier molecular flexibility index (Phi) is 10.6. The van der Waals surface area contributed by atoms with Gasteiger partial charge >= 0.3 is 78.5 Å². The molecule has 0 saturated heterocycles. The first-order chi connectivity index (χ1) is 20.4. The van der Waals surface area contributed by atoms with Gasteiger partial charge in [0.1, 0.15) is 0 Å². The van der Waals surface area contributed by atoms with Gasteiger partial charge in [0, 0.05) is 0 Å². The first-order valence-corrected chi connectivity index (χ1v) is 10.1. The van der Waals surface area contributed by atoms with Crippen molar-refractivity contribution in [2.45, 2.75) is 89.3 Å². The van der Waals surface area contributed by atoms with Gasteiger partial charge in [-0.3, -0.25) is 0 Å². The van der Waals surface area contributed by atoms with E-state index >= 15 is 0 Å². The zero-order valence-corrected chi connectivity index (χ0v) is 20.6. The standard InChI is InChI=1S/C15BF33/c17-1(18,7(29,30)13(41,42)43)4(23,24)10(35,36)16(11(37,38)5(25,26)2(19,20)8(31,32)14(44,45)46)12(39,40)6(27,28)3(21,22)9(33,34)15(47,48)49. The number of hydrogen-bond acceptors (Lipinski definition) is 0. The molecule has 0 heterocycles. The highest BCUT2D eigenvalue weighted by atomic mass is 19.5. The van der Waals surface area contributed by atoms with E-state index in [1.807, 2.05) is 0 Å². The molecule has 0 bridgehead atoms. The Morgan fingerprint density at radius 3 is 0.388 bits per heavy atom. The Labute approximate surface area is 242 Å². The minimum Gasteiger partial charge on any atom is -0.210 e. The summed E-state index contributed by atoms with van der Waals surface area (Å²) in [6.45, 7) is -9.42. The quantitative estimate of drug-likeness (QED) is 0.136. The number of rotatable bonds is 12. The summed E-state index contributed by atoms with van der Waals surface area (Å²) in [5, 5.41) is 0. The van der Waals surface area contributed by atoms with Crippen molar-refractivity contribution in [1.82, 2.24) is 0 Å². The third kappa shape index (κ3) is 5.72. The molecule has 49 heavy (non-hydrogen) atoms. The van der Waals surface area contributed by atoms with E-state index < -0.39 is 96.0 Å². The predicted octanol–water partition coefficient (Wildman–Crippen LogP) is 10.4. The molecule has 0 aromatic heterocycles. The van der Waals surface area contributed by atoms with Crippen molar-refractivity contribution in [2.75, 3.05) is 0 Å². The lowest BCUT2D eigenvalue weighted by Crippen LogP contribution is -2.83. The molecule has 0 atom stereocenters. The molecule has 0 aliphatic carbocycles. The third-order valence-corrected chi connectivity index (χ3v) is 5.78. The van der Waals surface area contributed by atoms with E-state index in [9.17, 15) is 145 Å². The van der Waals surface area contributed by atoms with E-state index in [0.717, 1.165) is 0 Å². The molecule has 34 heteroatoms. The van der Waals surface area contributed by atoms with Crippen molar-refractivity contribution < 1.29 is 145 Å². The van der Waals surface area contributed by atoms with Gasteiger partial charge in [0.15, 0.2) is 0 Å². The Morgan fingerprint density at radius 1 is 0.163 bits per heavy atom. The lowest BCUT2D eigenvalue weighted by molar-refractivity contribution is -0.427. The molecule has 0 aromatic carbocycles. The number of alkyl halides is 33. The van der Waals surface area contributed by atoms with E-state index in [-0.39, 0.29) is 0 Å². The first-order valence-electron chi connectivity index (χ1n) is 10.1. The summed E-state index contributed by atoms with van der Waals surface area (Å²) >= 11 is 0. The van der Waals surface area contributed by atoms with E-state index in [0.29, 0.717) is 0 Å². The van der Waals surface area contributed by atoms with Crippen LogP contribution in [0.15, 0.2) is 0 Å². The van der Waals surface area contributed by atoms with Gasteiger partial charge in [-0.25, -0.2) is 26.3 Å². The van der Waals surface area contributed by atoms with Gasteiger partial charge in [-0.1, -0.05) is 0 Å². The summed E-state index contributed by atoms with van der Waals surface area (Å²) in [4.78, 5) is 0. The molecular weight excluding hydrogens is 818 g/mol. The Balaban J connectivity index is 8.73. The van der Waals surface area contributed by atoms with E-state index in [1.54, 1.807) is 0 Å². The van der Waals surface area contributed by atoms with Crippen LogP contribution in [0.5, 0.6) is 0 Å². The third-order valence-electron chi connectivity index (χ3n) is 5.78. The summed E-state index contributed by atoms with van der Waals surface area (Å²) in [6.07, 6.45) is -25.8. The second-order valence-corrected chi connectivity index (χ2v) is 8.96. The van der Waals surface area contributed by atoms with Gasteiger partial charge in [0.25, 0.3) is 17.5 Å². The Morgan fingerprint density at radius 2 is 0.286 bits per heavy atom. The SMILES string of the molecule is FC(F)(F)C(F)(F)C(F)(F)C(F)(F)C(F)(F)B(C(F)(F)C(F)(F)C(F)(F)C(F)(F)C(F)(F)F)C(F)(F)C(F)(F)C(F)(F)C(F)(F)C(F)(F)F. The fourth-order valence-electron chi connectivity index (χ4n) is 2.98. The van der Waals surface area contributed by atoms with Crippen LogP contribution in [-0.4, -0.2) is 96.0 Å². The molecule has 0 fully saturated rings. The van der Waals surface area contributed by atoms with Gasteiger partial charge < -0.3 is 0 Å². The van der Waals surface area contributed by atoms with E-state index in [4.69, 9.17) is 0 Å². The fourth-order valence-corrected chi connectivity index (χ4v) is 2.98. The summed E-state index contributed by atoms with van der Waals surface area (Å²) in [6, 6.07) is 0. The largest absolute Gasteiger partial charge is 0.460 e. The fraction of sp³-hybridized carbons (Fsp3) is 1.00. The topological polar surface area (TPSA) is 0 Å². The van der Waals surface area contributed by atoms with Crippen LogP contribution in [-0.2, 0) is 0 Å². The molecule has 0 nitrogen and oxygen atoms in total. The zero-order valence-electron chi connectivity index (χ0n) is 20.6. The van der Waals surface area contributed by atoms with Crippen LogP contribution in [0.25, 0.3) is 0 Å². The molecular formula is C15BF33. The van der Waals surface area contributed by atoms with Crippen LogP contribution in [0.1, 0.15) is 0 Å². The zero-order chi connectivity index (χ0) is 41.1. The summed E-state index contributed by atoms with van der Waals surface area (Å²) in [5.41, 5.74) is 0. The molecule has 0 aromatic rings. The minimum absolute atomic E-state index is 8.60. The average molecular weight is 818 g/mol. The van der Waals surface area contributed by atoms with Crippen LogP contribution in [0.4, 0.5) is 145 Å². The number of hydrogen-bond donors (Lipinski definition) is 0. The molecule has 0 radical (unpaired) electrons. The highest BCUT2D eigenvalue weighted by molar-refractivity contribution is 6.67. The second kappa shape index (κ2) is 11.1. The maximum Gasteiger partial charge on any atom is 0.460 e. The molecule has 0 amide bonds. The smallest absolute Gasteiger partial charge is 0.210 e. The van der Waals surface area contributed by atoms with Gasteiger partial charge in [0.2, 0.25) is 0 Å². The molecule has 294 valence electrons. The predicted molar refractivity (Wildman–Crippen MR) is 83.3 cm³/mol.